The lowest BCUT2D eigenvalue weighted by molar-refractivity contribution is -0.131. The molecule has 34 heteroatoms. The summed E-state index contributed by atoms with van der Waals surface area (Å²) in [7, 11) is 0. The number of phenols is 1. The summed E-state index contributed by atoms with van der Waals surface area (Å²) in [6.45, 7) is 41.4. The van der Waals surface area contributed by atoms with Crippen molar-refractivity contribution in [3.63, 3.8) is 0 Å². The Hall–Kier alpha value is -14.0. The van der Waals surface area contributed by atoms with Gasteiger partial charge in [0.25, 0.3) is 0 Å². The number of carbonyl (C=O) groups is 4. The van der Waals surface area contributed by atoms with Crippen molar-refractivity contribution in [1.29, 1.82) is 0 Å². The minimum absolute atomic E-state index is 0.00414. The number of aromatic hydroxyl groups is 1. The Balaban J connectivity index is 0.000000158. The Morgan fingerprint density at radius 2 is 0.916 bits per heavy atom. The third-order valence-electron chi connectivity index (χ3n) is 24.4. The van der Waals surface area contributed by atoms with Gasteiger partial charge in [0, 0.05) is 93.5 Å². The van der Waals surface area contributed by atoms with Crippen molar-refractivity contribution in [3.05, 3.63) is 252 Å². The average Bonchev–Trinajstić information content (AvgIpc) is 1.68. The second-order valence-electron chi connectivity index (χ2n) is 34.8. The van der Waals surface area contributed by atoms with Gasteiger partial charge in [0.1, 0.15) is 63.7 Å². The van der Waals surface area contributed by atoms with Gasteiger partial charge < -0.3 is 46.0 Å². The van der Waals surface area contributed by atoms with E-state index in [1.165, 1.54) is 74.4 Å². The van der Waals surface area contributed by atoms with E-state index in [0.29, 0.717) is 101 Å². The Kier molecular flexibility index (Phi) is 26.5. The normalized spacial score (nSPS) is 17.6. The largest absolute Gasteiger partial charge is 0.507 e. The second kappa shape index (κ2) is 37.2. The number of nitrogens with two attached hydrogens (primary N) is 2. The van der Waals surface area contributed by atoms with Gasteiger partial charge in [-0.05, 0) is 212 Å². The zero-order valence-corrected chi connectivity index (χ0v) is 76.1. The van der Waals surface area contributed by atoms with Crippen LogP contribution in [0.15, 0.2) is 156 Å². The number of benzene rings is 3. The summed E-state index contributed by atoms with van der Waals surface area (Å²) in [6.07, 6.45) is 9.20. The van der Waals surface area contributed by atoms with Crippen LogP contribution in [0.4, 0.5) is 45.2 Å². The number of hydrogen-bond donors (Lipinski definition) is 3. The van der Waals surface area contributed by atoms with E-state index in [1.54, 1.807) is 70.4 Å². The number of primary amides is 1. The Labute approximate surface area is 757 Å². The maximum Gasteiger partial charge on any atom is 0.355 e. The quantitative estimate of drug-likeness (QED) is 0.0563. The molecule has 1 aliphatic carbocycles. The molecule has 4 fully saturated rings. The maximum absolute atomic E-state index is 16.2. The SMILES string of the molecule is C=CC(=O)N1CC(C)N(c2nc(=O)n(-c3c(C)ccnc3C(C)C)c3nc(-c4c(F)cccc4C(N)=O)c(Cl)cc23)CC1C.C=CC(=O)N1CC(C)N(c2nc(=O)n(-c3c(C)ccnc3C(C)C)c3nc(-c4cc(C5CC5)ccc4F)c(F)cc23)CC1C.C=CC(=O)N1[C@H](C)CN(c2nc(=O)n(-c3c(C)cc(N)nc3C(C)C)c3nc(-c4c(O)cccc4F)c(F)cc23)C[C@@H]1C. The van der Waals surface area contributed by atoms with Crippen LogP contribution in [-0.4, -0.2) is 178 Å². The van der Waals surface area contributed by atoms with E-state index in [-0.39, 0.29) is 145 Å². The van der Waals surface area contributed by atoms with Crippen molar-refractivity contribution in [2.24, 2.45) is 5.73 Å². The van der Waals surface area contributed by atoms with Crippen molar-refractivity contribution in [1.82, 2.24) is 73.3 Å². The molecular formula is C97H102ClF5N20O8. The van der Waals surface area contributed by atoms with Gasteiger partial charge in [-0.25, -0.2) is 70.0 Å². The van der Waals surface area contributed by atoms with Crippen LogP contribution in [0.1, 0.15) is 169 Å². The monoisotopic (exact) mass is 1800 g/mol. The van der Waals surface area contributed by atoms with E-state index in [4.69, 9.17) is 33.0 Å². The number of carbonyl (C=O) groups excluding carboxylic acids is 4. The maximum atomic E-state index is 16.2. The van der Waals surface area contributed by atoms with Gasteiger partial charge in [-0.15, -0.1) is 0 Å². The molecule has 3 saturated heterocycles. The number of fused-ring (bicyclic) bond motifs is 3. The summed E-state index contributed by atoms with van der Waals surface area (Å²) in [5, 5.41) is 11.4. The first-order chi connectivity index (χ1) is 62.2. The van der Waals surface area contributed by atoms with Crippen LogP contribution in [0, 0.1) is 49.9 Å². The zero-order valence-electron chi connectivity index (χ0n) is 75.4. The minimum atomic E-state index is -0.918. The Bertz CT molecular complexity index is 6850. The summed E-state index contributed by atoms with van der Waals surface area (Å²) in [4.78, 5) is 144. The van der Waals surface area contributed by atoms with E-state index in [1.807, 2.05) is 112 Å². The predicted molar refractivity (Wildman–Crippen MR) is 497 cm³/mol. The summed E-state index contributed by atoms with van der Waals surface area (Å²) in [5.74, 6) is -4.74. The van der Waals surface area contributed by atoms with Crippen LogP contribution in [0.3, 0.4) is 0 Å². The Morgan fingerprint density at radius 1 is 0.473 bits per heavy atom. The number of piperazine rings is 3. The molecule has 16 rings (SSSR count). The number of halogens is 6. The van der Waals surface area contributed by atoms with Gasteiger partial charge in [-0.3, -0.25) is 29.1 Å². The molecule has 3 aliphatic heterocycles. The fourth-order valence-electron chi connectivity index (χ4n) is 18.0. The number of nitrogens with zero attached hydrogens (tertiary/aromatic N) is 18. The fraction of sp³-hybridized carbons (Fsp3) is 0.340. The molecule has 12 heterocycles. The number of pyridine rings is 6. The summed E-state index contributed by atoms with van der Waals surface area (Å²) in [6, 6.07) is 20.1. The van der Waals surface area contributed by atoms with Crippen LogP contribution < -0.4 is 43.2 Å². The van der Waals surface area contributed by atoms with Gasteiger partial charge in [0.15, 0.2) is 22.8 Å². The molecule has 4 aliphatic rings. The average molecular weight is 1810 g/mol. The first kappa shape index (κ1) is 93.2. The van der Waals surface area contributed by atoms with Crippen molar-refractivity contribution < 1.29 is 46.2 Å². The molecular weight excluding hydrogens is 1700 g/mol. The third-order valence-corrected chi connectivity index (χ3v) is 24.7. The predicted octanol–water partition coefficient (Wildman–Crippen LogP) is 15.3. The topological polar surface area (TPSA) is 342 Å². The number of aryl methyl sites for hydroxylation is 3. The second-order valence-corrected chi connectivity index (χ2v) is 35.2. The number of phenolic OH excluding ortho intramolecular Hbond substituents is 1. The van der Waals surface area contributed by atoms with Crippen LogP contribution in [-0.2, 0) is 14.4 Å². The minimum Gasteiger partial charge on any atom is -0.507 e. The van der Waals surface area contributed by atoms with Crippen molar-refractivity contribution >= 4 is 91.6 Å². The lowest BCUT2D eigenvalue weighted by atomic mass is 10.0. The summed E-state index contributed by atoms with van der Waals surface area (Å²) >= 11 is 6.81. The number of rotatable bonds is 17. The first-order valence-corrected chi connectivity index (χ1v) is 43.6. The van der Waals surface area contributed by atoms with Crippen molar-refractivity contribution in [3.8, 4) is 56.6 Å². The molecule has 131 heavy (non-hydrogen) atoms. The highest BCUT2D eigenvalue weighted by atomic mass is 35.5. The van der Waals surface area contributed by atoms with E-state index < -0.39 is 69.1 Å². The highest BCUT2D eigenvalue weighted by Crippen LogP contribution is 2.45. The summed E-state index contributed by atoms with van der Waals surface area (Å²) < 4.78 is 81.7. The van der Waals surface area contributed by atoms with Crippen LogP contribution in [0.5, 0.6) is 5.75 Å². The number of anilines is 4. The van der Waals surface area contributed by atoms with E-state index in [9.17, 15) is 43.1 Å². The lowest BCUT2D eigenvalue weighted by Crippen LogP contribution is -2.58. The molecule has 5 N–H and O–H groups in total. The molecule has 4 amide bonds. The van der Waals surface area contributed by atoms with Gasteiger partial charge in [-0.2, -0.15) is 15.0 Å². The van der Waals surface area contributed by atoms with Gasteiger partial charge >= 0.3 is 17.1 Å². The number of aromatic nitrogens is 12. The lowest BCUT2D eigenvalue weighted by Gasteiger charge is -2.44. The Morgan fingerprint density at radius 3 is 1.39 bits per heavy atom. The van der Waals surface area contributed by atoms with E-state index >= 15 is 17.6 Å². The zero-order chi connectivity index (χ0) is 94.8. The highest BCUT2D eigenvalue weighted by Gasteiger charge is 2.40. The molecule has 6 atom stereocenters. The van der Waals surface area contributed by atoms with Gasteiger partial charge in [0.2, 0.25) is 23.6 Å². The van der Waals surface area contributed by atoms with Crippen molar-refractivity contribution in [2.45, 2.75) is 177 Å². The molecule has 12 aromatic rings. The van der Waals surface area contributed by atoms with Crippen LogP contribution in [0.2, 0.25) is 5.02 Å². The fourth-order valence-corrected chi connectivity index (χ4v) is 18.2. The van der Waals surface area contributed by atoms with Crippen molar-refractivity contribution in [2.75, 3.05) is 59.7 Å². The first-order valence-electron chi connectivity index (χ1n) is 43.2. The molecule has 3 aromatic carbocycles. The number of amides is 4. The highest BCUT2D eigenvalue weighted by molar-refractivity contribution is 6.34. The smallest absolute Gasteiger partial charge is 0.355 e. The van der Waals surface area contributed by atoms with Crippen LogP contribution >= 0.6 is 11.6 Å². The molecule has 0 spiro atoms. The van der Waals surface area contributed by atoms with E-state index in [0.717, 1.165) is 41.7 Å². The summed E-state index contributed by atoms with van der Waals surface area (Å²) in [5.41, 5.74) is 15.0. The van der Waals surface area contributed by atoms with Gasteiger partial charge in [0.05, 0.1) is 77.7 Å². The molecule has 680 valence electrons. The molecule has 9 aromatic heterocycles. The third kappa shape index (κ3) is 17.7. The molecule has 1 saturated carbocycles. The van der Waals surface area contributed by atoms with Gasteiger partial charge in [-0.1, -0.05) is 91.1 Å². The number of hydrogen-bond acceptors (Lipinski definition) is 21. The van der Waals surface area contributed by atoms with E-state index in [2.05, 4.69) is 54.6 Å². The molecule has 4 unspecified atom stereocenters. The molecule has 0 bridgehead atoms. The number of nitrogen functional groups attached to an aromatic ring is 1. The van der Waals surface area contributed by atoms with Crippen LogP contribution in [0.25, 0.3) is 83.9 Å². The molecule has 0 radical (unpaired) electrons. The molecule has 28 nitrogen and oxygen atoms in total. The standard InChI is InChI=1S/C34H36F2N6O2.C32H33ClFN7O3.C31H33F2N7O3/c1-7-28(43)40-16-21(6)41(17-20(40)5)32-25-15-27(36)30(24-14-23(22-8-9-22)10-11-26(24)35)38-33(25)42(34(44)39-32)31-19(4)12-13-37-29(31)18(2)3;1-7-24(42)39-14-19(6)40(15-18(39)5)30-21-13-22(33)27(25-20(29(35)43)9-8-10-23(25)34)37-31(21)41(32(44)38-30)28-17(4)11-12-36-26(28)16(2)3;1-7-24(42)39-17(5)13-38(14-18(39)6)29-19-12-21(33)27(25-20(32)9-8-10-22(25)41)36-30(19)40(31(43)37-29)28-16(4)11-23(34)35-26(28)15(2)3/h7,10-15,18,20-22H,1,8-9,16-17H2,2-6H3;7-13,16,18-19H,1,14-15H2,2-6H3,(H2,35,43);7-12,15,17-18,41H,1,13-14H2,2-6H3,(H2,34,35)/t;;17-,18+.